The lowest BCUT2D eigenvalue weighted by Gasteiger charge is -2.31. The van der Waals surface area contributed by atoms with Crippen molar-refractivity contribution in [3.05, 3.63) is 82.6 Å². The summed E-state index contributed by atoms with van der Waals surface area (Å²) in [6, 6.07) is 20.0. The van der Waals surface area contributed by atoms with Crippen molar-refractivity contribution < 1.29 is 19.1 Å². The van der Waals surface area contributed by atoms with E-state index in [1.54, 1.807) is 18.0 Å². The zero-order chi connectivity index (χ0) is 21.6. The third kappa shape index (κ3) is 5.24. The molecule has 2 aromatic carbocycles. The van der Waals surface area contributed by atoms with Gasteiger partial charge in [-0.25, -0.2) is 0 Å². The van der Waals surface area contributed by atoms with Gasteiger partial charge in [-0.05, 0) is 29.1 Å². The maximum absolute atomic E-state index is 13.3. The van der Waals surface area contributed by atoms with Crippen LogP contribution in [0, 0.1) is 0 Å². The van der Waals surface area contributed by atoms with Gasteiger partial charge in [-0.3, -0.25) is 9.59 Å². The van der Waals surface area contributed by atoms with Gasteiger partial charge in [0, 0.05) is 13.5 Å². The number of nitrogens with one attached hydrogen (secondary N) is 1. The van der Waals surface area contributed by atoms with E-state index in [0.717, 1.165) is 5.56 Å². The average Bonchev–Trinajstić information content (AvgIpc) is 3.34. The summed E-state index contributed by atoms with van der Waals surface area (Å²) in [5, 5.41) is 4.75. The molecule has 1 N–H and O–H groups in total. The van der Waals surface area contributed by atoms with Crippen molar-refractivity contribution in [1.82, 2.24) is 10.2 Å². The summed E-state index contributed by atoms with van der Waals surface area (Å²) in [7, 11) is 1.72. The maximum Gasteiger partial charge on any atom is 0.262 e. The first-order valence-electron chi connectivity index (χ1n) is 10.1. The molecule has 160 valence electrons. The molecule has 0 fully saturated rings. The van der Waals surface area contributed by atoms with Gasteiger partial charge < -0.3 is 19.7 Å². The Morgan fingerprint density at radius 2 is 1.81 bits per heavy atom. The highest BCUT2D eigenvalue weighted by Gasteiger charge is 2.29. The number of likely N-dealkylation sites (N-methyl/N-ethyl adjacent to an activating group) is 1. The maximum atomic E-state index is 13.3. The van der Waals surface area contributed by atoms with Crippen molar-refractivity contribution in [1.29, 1.82) is 0 Å². The first-order valence-corrected chi connectivity index (χ1v) is 11.0. The number of thiophene rings is 1. The Bertz CT molecular complexity index is 1020. The lowest BCUT2D eigenvalue weighted by molar-refractivity contribution is -0.133. The number of hydrogen-bond donors (Lipinski definition) is 1. The third-order valence-corrected chi connectivity index (χ3v) is 5.92. The first-order chi connectivity index (χ1) is 15.1. The van der Waals surface area contributed by atoms with E-state index in [2.05, 4.69) is 5.32 Å². The number of fused-ring (bicyclic) bond motifs is 1. The standard InChI is InChI=1S/C24H24N2O4S/c1-26(15-18-16-29-20-10-5-6-11-21(20)30-18)24(28)19(14-17-8-3-2-4-9-17)25-23(27)22-12-7-13-31-22/h2-13,18-19H,14-16H2,1H3,(H,25,27). The molecule has 1 aliphatic heterocycles. The van der Waals surface area contributed by atoms with E-state index in [1.165, 1.54) is 11.3 Å². The summed E-state index contributed by atoms with van der Waals surface area (Å²) in [6.45, 7) is 0.715. The monoisotopic (exact) mass is 436 g/mol. The van der Waals surface area contributed by atoms with Gasteiger partial charge in [-0.2, -0.15) is 0 Å². The molecule has 2 amide bonds. The number of rotatable bonds is 7. The van der Waals surface area contributed by atoms with Gasteiger partial charge in [-0.15, -0.1) is 11.3 Å². The van der Waals surface area contributed by atoms with Crippen LogP contribution in [0.4, 0.5) is 0 Å². The Labute approximate surface area is 185 Å². The molecule has 1 aliphatic rings. The molecule has 2 heterocycles. The van der Waals surface area contributed by atoms with Gasteiger partial charge in [-0.1, -0.05) is 48.5 Å². The highest BCUT2D eigenvalue weighted by molar-refractivity contribution is 7.12. The van der Waals surface area contributed by atoms with Crippen LogP contribution in [0.25, 0.3) is 0 Å². The highest BCUT2D eigenvalue weighted by atomic mass is 32.1. The second-order valence-electron chi connectivity index (χ2n) is 7.41. The summed E-state index contributed by atoms with van der Waals surface area (Å²) >= 11 is 1.35. The summed E-state index contributed by atoms with van der Waals surface area (Å²) in [4.78, 5) is 28.1. The number of hydrogen-bond acceptors (Lipinski definition) is 5. The van der Waals surface area contributed by atoms with Gasteiger partial charge in [0.25, 0.3) is 5.91 Å². The lowest BCUT2D eigenvalue weighted by Crippen LogP contribution is -2.51. The molecule has 2 atom stereocenters. The smallest absolute Gasteiger partial charge is 0.262 e. The van der Waals surface area contributed by atoms with Crippen LogP contribution in [0.1, 0.15) is 15.2 Å². The molecule has 6 nitrogen and oxygen atoms in total. The molecule has 0 saturated carbocycles. The van der Waals surface area contributed by atoms with Gasteiger partial charge in [0.2, 0.25) is 5.91 Å². The largest absolute Gasteiger partial charge is 0.486 e. The number of amides is 2. The van der Waals surface area contributed by atoms with E-state index in [4.69, 9.17) is 9.47 Å². The number of ether oxygens (including phenoxy) is 2. The second-order valence-corrected chi connectivity index (χ2v) is 8.36. The average molecular weight is 437 g/mol. The summed E-state index contributed by atoms with van der Waals surface area (Å²) in [5.74, 6) is 0.962. The van der Waals surface area contributed by atoms with E-state index < -0.39 is 6.04 Å². The van der Waals surface area contributed by atoms with Crippen LogP contribution in [-0.4, -0.2) is 49.1 Å². The van der Waals surface area contributed by atoms with E-state index in [9.17, 15) is 9.59 Å². The molecule has 0 bridgehead atoms. The van der Waals surface area contributed by atoms with Crippen molar-refractivity contribution in [3.63, 3.8) is 0 Å². The van der Waals surface area contributed by atoms with Crippen molar-refractivity contribution in [2.24, 2.45) is 0 Å². The molecule has 7 heteroatoms. The van der Waals surface area contributed by atoms with Crippen LogP contribution in [0.5, 0.6) is 11.5 Å². The summed E-state index contributed by atoms with van der Waals surface area (Å²) < 4.78 is 11.7. The van der Waals surface area contributed by atoms with Crippen LogP contribution in [-0.2, 0) is 11.2 Å². The Kier molecular flexibility index (Phi) is 6.52. The van der Waals surface area contributed by atoms with Crippen LogP contribution in [0.2, 0.25) is 0 Å². The van der Waals surface area contributed by atoms with Crippen LogP contribution in [0.3, 0.4) is 0 Å². The molecule has 0 radical (unpaired) electrons. The quantitative estimate of drug-likeness (QED) is 0.617. The fourth-order valence-electron chi connectivity index (χ4n) is 3.50. The third-order valence-electron chi connectivity index (χ3n) is 5.05. The molecule has 2 unspecified atom stereocenters. The van der Waals surface area contributed by atoms with E-state index >= 15 is 0 Å². The van der Waals surface area contributed by atoms with Gasteiger partial charge >= 0.3 is 0 Å². The molecule has 31 heavy (non-hydrogen) atoms. The normalized spacial score (nSPS) is 15.7. The number of para-hydroxylation sites is 2. The Morgan fingerprint density at radius 3 is 2.55 bits per heavy atom. The summed E-state index contributed by atoms with van der Waals surface area (Å²) in [6.07, 6.45) is 0.126. The predicted molar refractivity (Wildman–Crippen MR) is 120 cm³/mol. The SMILES string of the molecule is CN(CC1COc2ccccc2O1)C(=O)C(Cc1ccccc1)NC(=O)c1cccs1. The fourth-order valence-corrected chi connectivity index (χ4v) is 4.13. The predicted octanol–water partition coefficient (Wildman–Crippen LogP) is 3.39. The van der Waals surface area contributed by atoms with Gasteiger partial charge in [0.1, 0.15) is 12.6 Å². The molecular formula is C24H24N2O4S. The minimum Gasteiger partial charge on any atom is -0.486 e. The Balaban J connectivity index is 1.44. The van der Waals surface area contributed by atoms with Crippen molar-refractivity contribution in [3.8, 4) is 11.5 Å². The Hall–Kier alpha value is -3.32. The molecule has 1 aromatic heterocycles. The molecule has 0 spiro atoms. The zero-order valence-electron chi connectivity index (χ0n) is 17.2. The minimum absolute atomic E-state index is 0.170. The Morgan fingerprint density at radius 1 is 1.06 bits per heavy atom. The zero-order valence-corrected chi connectivity index (χ0v) is 18.0. The highest BCUT2D eigenvalue weighted by Crippen LogP contribution is 2.31. The minimum atomic E-state index is -0.682. The van der Waals surface area contributed by atoms with Crippen LogP contribution < -0.4 is 14.8 Å². The number of nitrogens with zero attached hydrogens (tertiary/aromatic N) is 1. The molecule has 0 saturated heterocycles. The van der Waals surface area contributed by atoms with E-state index in [0.29, 0.717) is 35.9 Å². The molecule has 4 rings (SSSR count). The number of carbonyl (C=O) groups excluding carboxylic acids is 2. The van der Waals surface area contributed by atoms with E-state index in [-0.39, 0.29) is 17.9 Å². The number of carbonyl (C=O) groups is 2. The second kappa shape index (κ2) is 9.66. The molecule has 0 aliphatic carbocycles. The van der Waals surface area contributed by atoms with Crippen LogP contribution in [0.15, 0.2) is 72.1 Å². The van der Waals surface area contributed by atoms with Crippen molar-refractivity contribution in [2.45, 2.75) is 18.6 Å². The van der Waals surface area contributed by atoms with E-state index in [1.807, 2.05) is 66.0 Å². The van der Waals surface area contributed by atoms with Crippen LogP contribution >= 0.6 is 11.3 Å². The first kappa shape index (κ1) is 20.9. The van der Waals surface area contributed by atoms with Crippen molar-refractivity contribution in [2.75, 3.05) is 20.2 Å². The molecule has 3 aromatic rings. The fraction of sp³-hybridized carbons (Fsp3) is 0.250. The van der Waals surface area contributed by atoms with Crippen molar-refractivity contribution >= 4 is 23.2 Å². The summed E-state index contributed by atoms with van der Waals surface area (Å²) in [5.41, 5.74) is 0.979. The topological polar surface area (TPSA) is 67.9 Å². The van der Waals surface area contributed by atoms with Gasteiger partial charge in [0.15, 0.2) is 17.6 Å². The number of benzene rings is 2. The van der Waals surface area contributed by atoms with Gasteiger partial charge in [0.05, 0.1) is 11.4 Å². The lowest BCUT2D eigenvalue weighted by atomic mass is 10.0. The molecular weight excluding hydrogens is 412 g/mol.